The molecule has 17 nitrogen and oxygen atoms in total. The van der Waals surface area contributed by atoms with Crippen LogP contribution in [-0.2, 0) is 21.4 Å². The second-order valence-corrected chi connectivity index (χ2v) is 16.3. The normalized spacial score (nSPS) is 20.0. The average Bonchev–Trinajstić information content (AvgIpc) is 3.79. The number of imide groups is 1. The Kier molecular flexibility index (Phi) is 9.86. The van der Waals surface area contributed by atoms with Gasteiger partial charge in [-0.2, -0.15) is 10.4 Å². The van der Waals surface area contributed by atoms with Gasteiger partial charge in [0.05, 0.1) is 64.4 Å². The van der Waals surface area contributed by atoms with Crippen molar-refractivity contribution < 1.29 is 37.7 Å². The lowest BCUT2D eigenvalue weighted by atomic mass is 9.85. The predicted octanol–water partition coefficient (Wildman–Crippen LogP) is 4.00. The van der Waals surface area contributed by atoms with Crippen LogP contribution in [0.1, 0.15) is 56.6 Å². The number of piperidine rings is 2. The van der Waals surface area contributed by atoms with Crippen LogP contribution in [0.2, 0.25) is 0 Å². The van der Waals surface area contributed by atoms with E-state index in [0.717, 1.165) is 6.07 Å². The van der Waals surface area contributed by atoms with E-state index in [4.69, 9.17) is 15.2 Å². The minimum atomic E-state index is -1.27. The molecule has 3 aromatic carbocycles. The number of fused-ring (bicyclic) bond motifs is 2. The molecule has 6 heterocycles. The highest BCUT2D eigenvalue weighted by molar-refractivity contribution is 6.09. The zero-order valence-corrected chi connectivity index (χ0v) is 33.2. The van der Waals surface area contributed by atoms with Gasteiger partial charge in [0.15, 0.2) is 17.4 Å². The van der Waals surface area contributed by atoms with E-state index in [1.807, 2.05) is 11.0 Å². The van der Waals surface area contributed by atoms with Crippen LogP contribution in [0.15, 0.2) is 53.6 Å². The number of halogens is 2. The Hall–Kier alpha value is -6.65. The lowest BCUT2D eigenvalue weighted by molar-refractivity contribution is -0.142. The maximum absolute atomic E-state index is 15.7. The predicted molar refractivity (Wildman–Crippen MR) is 217 cm³/mol. The number of likely N-dealkylation sites (tertiary alicyclic amines) is 1. The number of nitriles is 1. The third-order valence-corrected chi connectivity index (χ3v) is 12.6. The molecule has 9 rings (SSSR count). The molecule has 4 N–H and O–H groups in total. The number of urea groups is 1. The summed E-state index contributed by atoms with van der Waals surface area (Å²) >= 11 is 0. The monoisotopic (exact) mass is 836 g/mol. The molecule has 1 atom stereocenters. The molecule has 1 spiro atoms. The number of nitrogens with zero attached hydrogens (tertiary/aromatic N) is 8. The molecule has 4 amide bonds. The largest absolute Gasteiger partial charge is 0.453 e. The van der Waals surface area contributed by atoms with Crippen molar-refractivity contribution in [1.29, 1.82) is 5.26 Å². The number of nitrogen functional groups attached to an aromatic ring is 1. The summed E-state index contributed by atoms with van der Waals surface area (Å²) in [4.78, 5) is 60.9. The van der Waals surface area contributed by atoms with Crippen LogP contribution < -0.4 is 31.1 Å². The molecule has 19 heteroatoms. The van der Waals surface area contributed by atoms with Gasteiger partial charge in [0.2, 0.25) is 11.8 Å². The lowest BCUT2D eigenvalue weighted by Crippen LogP contribution is -2.51. The molecule has 4 aliphatic rings. The van der Waals surface area contributed by atoms with Crippen molar-refractivity contribution in [3.8, 4) is 17.6 Å². The van der Waals surface area contributed by atoms with Gasteiger partial charge in [-0.05, 0) is 74.6 Å². The summed E-state index contributed by atoms with van der Waals surface area (Å²) in [6.07, 6.45) is 3.62. The number of rotatable bonds is 7. The highest BCUT2D eigenvalue weighted by Crippen LogP contribution is 2.42. The molecule has 0 aliphatic carbocycles. The second kappa shape index (κ2) is 15.1. The molecule has 4 aliphatic heterocycles. The fourth-order valence-corrected chi connectivity index (χ4v) is 9.04. The summed E-state index contributed by atoms with van der Waals surface area (Å²) in [6, 6.07) is 10.9. The number of aromatic nitrogens is 4. The van der Waals surface area contributed by atoms with Crippen LogP contribution in [0.3, 0.4) is 0 Å². The second-order valence-electron chi connectivity index (χ2n) is 16.3. The summed E-state index contributed by atoms with van der Waals surface area (Å²) in [6.45, 7) is 1.85. The maximum atomic E-state index is 15.7. The fourth-order valence-electron chi connectivity index (χ4n) is 9.04. The fraction of sp³-hybridized carbons (Fsp3) is 0.405. The van der Waals surface area contributed by atoms with Crippen LogP contribution in [0.25, 0.3) is 21.8 Å². The highest BCUT2D eigenvalue weighted by Gasteiger charge is 2.45. The van der Waals surface area contributed by atoms with E-state index in [0.29, 0.717) is 67.5 Å². The number of carbonyl (C=O) groups is 3. The maximum Gasteiger partial charge on any atom is 0.329 e. The lowest BCUT2D eigenvalue weighted by Gasteiger charge is -2.42. The van der Waals surface area contributed by atoms with Crippen LogP contribution in [0.4, 0.5) is 30.8 Å². The molecule has 316 valence electrons. The number of hydrogen-bond donors (Lipinski definition) is 3. The Morgan fingerprint density at radius 2 is 1.80 bits per heavy atom. The number of hydrogen-bond acceptors (Lipinski definition) is 12. The third-order valence-electron chi connectivity index (χ3n) is 12.6. The van der Waals surface area contributed by atoms with Crippen molar-refractivity contribution in [3.63, 3.8) is 0 Å². The Morgan fingerprint density at radius 1 is 1.03 bits per heavy atom. The van der Waals surface area contributed by atoms with Gasteiger partial charge in [-0.3, -0.25) is 33.8 Å². The van der Waals surface area contributed by atoms with Crippen molar-refractivity contribution in [1.82, 2.24) is 29.5 Å². The Labute approximate surface area is 346 Å². The summed E-state index contributed by atoms with van der Waals surface area (Å²) in [7, 11) is 1.69. The number of aryl methyl sites for hydroxylation is 1. The SMILES string of the molecule is Cn1nc(N2CCC(=O)NC2=O)c2cc(F)c(N3CCC(O)(CC(=O)N4CCC5(CC4)C[C@@H](n4cnc6ccc(Oc7c(F)ccc(N)c7C#N)cc6c4=O)CO5)CC3)cc21. The first kappa shape index (κ1) is 39.8. The number of nitrogens with two attached hydrogens (primary N) is 1. The van der Waals surface area contributed by atoms with Gasteiger partial charge < -0.3 is 30.1 Å². The van der Waals surface area contributed by atoms with E-state index in [2.05, 4.69) is 15.4 Å². The number of ether oxygens (including phenoxy) is 2. The molecule has 0 bridgehead atoms. The highest BCUT2D eigenvalue weighted by atomic mass is 19.1. The van der Waals surface area contributed by atoms with Gasteiger partial charge in [0.1, 0.15) is 23.2 Å². The Balaban J connectivity index is 0.808. The Morgan fingerprint density at radius 3 is 2.54 bits per heavy atom. The quantitative estimate of drug-likeness (QED) is 0.199. The van der Waals surface area contributed by atoms with Crippen molar-refractivity contribution >= 4 is 56.8 Å². The molecule has 4 fully saturated rings. The molecule has 2 aromatic heterocycles. The molecule has 61 heavy (non-hydrogen) atoms. The standard InChI is InChI=1S/C42H42F2N10O7/c1-50-33-18-34(30(44)17-27(33)38(49-50)53-11-6-35(55)48-40(53)58)51-12-7-41(59,8-13-51)20-36(56)52-14-9-42(10-15-52)19-24(22-60-42)54-23-47-32-5-2-25(16-26(32)39(54)57)61-37-28(21-45)31(46)4-3-29(37)43/h2-5,16-18,23-24,59H,6-15,19-20,22,46H2,1H3,(H,48,55,58)/t24-/m1/s1. The van der Waals surface area contributed by atoms with Crippen LogP contribution in [0, 0.1) is 23.0 Å². The number of nitrogens with one attached hydrogen (secondary N) is 1. The van der Waals surface area contributed by atoms with Gasteiger partial charge in [0, 0.05) is 51.6 Å². The van der Waals surface area contributed by atoms with Crippen molar-refractivity contribution in [2.45, 2.75) is 62.2 Å². The average molecular weight is 837 g/mol. The van der Waals surface area contributed by atoms with E-state index in [1.54, 1.807) is 28.8 Å². The van der Waals surface area contributed by atoms with Crippen molar-refractivity contribution in [2.24, 2.45) is 7.05 Å². The first-order valence-electron chi connectivity index (χ1n) is 20.1. The minimum absolute atomic E-state index is 0.0593. The molecular formula is C42H42F2N10O7. The molecule has 0 saturated carbocycles. The van der Waals surface area contributed by atoms with Crippen LogP contribution >= 0.6 is 0 Å². The van der Waals surface area contributed by atoms with E-state index in [9.17, 15) is 33.9 Å². The summed E-state index contributed by atoms with van der Waals surface area (Å²) in [5.41, 5.74) is 4.92. The number of anilines is 3. The topological polar surface area (TPSA) is 214 Å². The van der Waals surface area contributed by atoms with Crippen LogP contribution in [-0.4, -0.2) is 97.7 Å². The Bertz CT molecular complexity index is 2730. The molecule has 5 aromatic rings. The van der Waals surface area contributed by atoms with E-state index in [1.165, 1.54) is 40.1 Å². The zero-order chi connectivity index (χ0) is 42.8. The summed E-state index contributed by atoms with van der Waals surface area (Å²) in [5, 5.41) is 28.5. The zero-order valence-electron chi connectivity index (χ0n) is 33.2. The van der Waals surface area contributed by atoms with Gasteiger partial charge in [-0.15, -0.1) is 0 Å². The summed E-state index contributed by atoms with van der Waals surface area (Å²) < 4.78 is 45.5. The molecule has 4 saturated heterocycles. The van der Waals surface area contributed by atoms with Gasteiger partial charge in [-0.1, -0.05) is 0 Å². The van der Waals surface area contributed by atoms with Gasteiger partial charge >= 0.3 is 6.03 Å². The van der Waals surface area contributed by atoms with Crippen molar-refractivity contribution in [2.75, 3.05) is 54.9 Å². The van der Waals surface area contributed by atoms with Crippen molar-refractivity contribution in [3.05, 3.63) is 76.3 Å². The van der Waals surface area contributed by atoms with E-state index in [-0.39, 0.29) is 96.2 Å². The third kappa shape index (κ3) is 7.24. The molecule has 0 radical (unpaired) electrons. The van der Waals surface area contributed by atoms with E-state index >= 15 is 4.39 Å². The number of aliphatic hydroxyl groups is 1. The molecular weight excluding hydrogens is 795 g/mol. The smallest absolute Gasteiger partial charge is 0.329 e. The summed E-state index contributed by atoms with van der Waals surface area (Å²) in [5.74, 6) is -1.78. The first-order chi connectivity index (χ1) is 29.2. The van der Waals surface area contributed by atoms with Gasteiger partial charge in [0.25, 0.3) is 5.56 Å². The number of amides is 4. The molecule has 0 unspecified atom stereocenters. The number of carbonyl (C=O) groups excluding carboxylic acids is 3. The van der Waals surface area contributed by atoms with Gasteiger partial charge in [-0.25, -0.2) is 18.6 Å². The number of benzene rings is 3. The first-order valence-corrected chi connectivity index (χ1v) is 20.1. The van der Waals surface area contributed by atoms with E-state index < -0.39 is 28.9 Å². The minimum Gasteiger partial charge on any atom is -0.453 e. The van der Waals surface area contributed by atoms with Crippen LogP contribution in [0.5, 0.6) is 11.5 Å².